The van der Waals surface area contributed by atoms with Gasteiger partial charge in [-0.05, 0) is 42.9 Å². The highest BCUT2D eigenvalue weighted by atomic mass is 32.2. The Morgan fingerprint density at radius 1 is 1.25 bits per heavy atom. The first-order valence-electron chi connectivity index (χ1n) is 7.01. The van der Waals surface area contributed by atoms with E-state index in [0.29, 0.717) is 24.9 Å². The Labute approximate surface area is 118 Å². The van der Waals surface area contributed by atoms with Crippen molar-refractivity contribution in [2.75, 3.05) is 13.1 Å². The van der Waals surface area contributed by atoms with Gasteiger partial charge in [-0.15, -0.1) is 0 Å². The van der Waals surface area contributed by atoms with Crippen molar-refractivity contribution in [2.24, 2.45) is 17.6 Å². The van der Waals surface area contributed by atoms with E-state index in [0.717, 1.165) is 12.8 Å². The van der Waals surface area contributed by atoms with Crippen LogP contribution < -0.4 is 5.73 Å². The van der Waals surface area contributed by atoms with Crippen molar-refractivity contribution in [3.8, 4) is 0 Å². The molecule has 0 bridgehead atoms. The lowest BCUT2D eigenvalue weighted by Crippen LogP contribution is -2.29. The SMILES string of the molecule is NCc1cc(S(=O)(=O)N2CC3CCCC3C2)ccc1F. The number of fused-ring (bicyclic) bond motifs is 1. The molecule has 2 N–H and O–H groups in total. The number of rotatable bonds is 3. The summed E-state index contributed by atoms with van der Waals surface area (Å²) in [6.45, 7) is 1.20. The molecular weight excluding hydrogens is 279 g/mol. The number of sulfonamides is 1. The lowest BCUT2D eigenvalue weighted by Gasteiger charge is -2.18. The molecule has 2 fully saturated rings. The van der Waals surface area contributed by atoms with E-state index in [1.165, 1.54) is 24.6 Å². The molecule has 110 valence electrons. The van der Waals surface area contributed by atoms with Gasteiger partial charge in [0.25, 0.3) is 0 Å². The normalized spacial score (nSPS) is 26.9. The number of halogens is 1. The van der Waals surface area contributed by atoms with Gasteiger partial charge in [0.1, 0.15) is 5.82 Å². The summed E-state index contributed by atoms with van der Waals surface area (Å²) in [6.07, 6.45) is 3.44. The first-order valence-corrected chi connectivity index (χ1v) is 8.45. The largest absolute Gasteiger partial charge is 0.326 e. The summed E-state index contributed by atoms with van der Waals surface area (Å²) >= 11 is 0. The van der Waals surface area contributed by atoms with E-state index < -0.39 is 15.8 Å². The first-order chi connectivity index (χ1) is 9.52. The van der Waals surface area contributed by atoms with Crippen LogP contribution in [0.4, 0.5) is 4.39 Å². The summed E-state index contributed by atoms with van der Waals surface area (Å²) in [6, 6.07) is 3.88. The topological polar surface area (TPSA) is 63.4 Å². The minimum Gasteiger partial charge on any atom is -0.326 e. The third-order valence-corrected chi connectivity index (χ3v) is 6.40. The van der Waals surface area contributed by atoms with Gasteiger partial charge in [-0.25, -0.2) is 12.8 Å². The summed E-state index contributed by atoms with van der Waals surface area (Å²) in [5, 5.41) is 0. The van der Waals surface area contributed by atoms with Crippen LogP contribution in [0.2, 0.25) is 0 Å². The molecule has 1 saturated heterocycles. The third-order valence-electron chi connectivity index (χ3n) is 4.57. The highest BCUT2D eigenvalue weighted by molar-refractivity contribution is 7.89. The van der Waals surface area contributed by atoms with Gasteiger partial charge < -0.3 is 5.73 Å². The fourth-order valence-corrected chi connectivity index (χ4v) is 5.01. The number of nitrogens with zero attached hydrogens (tertiary/aromatic N) is 1. The Kier molecular flexibility index (Phi) is 3.56. The second-order valence-electron chi connectivity index (χ2n) is 5.73. The number of hydrogen-bond acceptors (Lipinski definition) is 3. The fourth-order valence-electron chi connectivity index (χ4n) is 3.41. The van der Waals surface area contributed by atoms with Crippen LogP contribution in [-0.4, -0.2) is 25.8 Å². The van der Waals surface area contributed by atoms with E-state index in [-0.39, 0.29) is 17.0 Å². The summed E-state index contributed by atoms with van der Waals surface area (Å²) in [7, 11) is -3.52. The van der Waals surface area contributed by atoms with Gasteiger partial charge in [-0.1, -0.05) is 6.42 Å². The molecule has 1 saturated carbocycles. The molecule has 0 spiro atoms. The highest BCUT2D eigenvalue weighted by Gasteiger charge is 2.41. The molecule has 0 aromatic heterocycles. The van der Waals surface area contributed by atoms with E-state index in [2.05, 4.69) is 0 Å². The van der Waals surface area contributed by atoms with Crippen LogP contribution >= 0.6 is 0 Å². The van der Waals surface area contributed by atoms with Crippen LogP contribution in [0.25, 0.3) is 0 Å². The third kappa shape index (κ3) is 2.25. The zero-order valence-corrected chi connectivity index (χ0v) is 12.1. The minimum absolute atomic E-state index is 0.000440. The number of hydrogen-bond donors (Lipinski definition) is 1. The Balaban J connectivity index is 1.89. The van der Waals surface area contributed by atoms with Crippen molar-refractivity contribution >= 4 is 10.0 Å². The van der Waals surface area contributed by atoms with E-state index in [9.17, 15) is 12.8 Å². The zero-order chi connectivity index (χ0) is 14.3. The quantitative estimate of drug-likeness (QED) is 0.924. The molecule has 0 amide bonds. The van der Waals surface area contributed by atoms with Gasteiger partial charge in [0.05, 0.1) is 4.90 Å². The Morgan fingerprint density at radius 2 is 1.90 bits per heavy atom. The van der Waals surface area contributed by atoms with Gasteiger partial charge >= 0.3 is 0 Å². The van der Waals surface area contributed by atoms with Crippen molar-refractivity contribution in [2.45, 2.75) is 30.7 Å². The molecular formula is C14H19FN2O2S. The monoisotopic (exact) mass is 298 g/mol. The summed E-state index contributed by atoms with van der Waals surface area (Å²) in [5.74, 6) is 0.545. The molecule has 2 aliphatic rings. The maximum Gasteiger partial charge on any atom is 0.243 e. The number of benzene rings is 1. The molecule has 20 heavy (non-hydrogen) atoms. The predicted molar refractivity (Wildman–Crippen MR) is 73.9 cm³/mol. The van der Waals surface area contributed by atoms with Crippen LogP contribution in [0.15, 0.2) is 23.1 Å². The van der Waals surface area contributed by atoms with Crippen molar-refractivity contribution in [3.05, 3.63) is 29.6 Å². The molecule has 1 aromatic carbocycles. The van der Waals surface area contributed by atoms with Crippen molar-refractivity contribution in [1.29, 1.82) is 0 Å². The van der Waals surface area contributed by atoms with Crippen LogP contribution in [0, 0.1) is 17.7 Å². The summed E-state index contributed by atoms with van der Waals surface area (Å²) in [5.41, 5.74) is 5.68. The molecule has 2 atom stereocenters. The van der Waals surface area contributed by atoms with Crippen LogP contribution in [0.5, 0.6) is 0 Å². The van der Waals surface area contributed by atoms with Crippen molar-refractivity contribution in [3.63, 3.8) is 0 Å². The highest BCUT2D eigenvalue weighted by Crippen LogP contribution is 2.39. The molecule has 1 aliphatic heterocycles. The summed E-state index contributed by atoms with van der Waals surface area (Å²) in [4.78, 5) is 0.152. The Hall–Kier alpha value is -0.980. The van der Waals surface area contributed by atoms with Crippen molar-refractivity contribution < 1.29 is 12.8 Å². The lowest BCUT2D eigenvalue weighted by molar-refractivity contribution is 0.445. The average molecular weight is 298 g/mol. The van der Waals surface area contributed by atoms with Gasteiger partial charge in [-0.3, -0.25) is 0 Å². The summed E-state index contributed by atoms with van der Waals surface area (Å²) < 4.78 is 40.2. The lowest BCUT2D eigenvalue weighted by atomic mass is 10.0. The smallest absolute Gasteiger partial charge is 0.243 e. The second-order valence-corrected chi connectivity index (χ2v) is 7.67. The zero-order valence-electron chi connectivity index (χ0n) is 11.3. The molecule has 1 aliphatic carbocycles. The molecule has 4 nitrogen and oxygen atoms in total. The molecule has 1 heterocycles. The van der Waals surface area contributed by atoms with Crippen LogP contribution in [0.3, 0.4) is 0 Å². The van der Waals surface area contributed by atoms with E-state index >= 15 is 0 Å². The maximum atomic E-state index is 13.4. The van der Waals surface area contributed by atoms with Gasteiger partial charge in [0, 0.05) is 25.2 Å². The maximum absolute atomic E-state index is 13.4. The molecule has 2 unspecified atom stereocenters. The van der Waals surface area contributed by atoms with Gasteiger partial charge in [-0.2, -0.15) is 4.31 Å². The predicted octanol–water partition coefficient (Wildman–Crippen LogP) is 1.70. The Morgan fingerprint density at radius 3 is 2.50 bits per heavy atom. The van der Waals surface area contributed by atoms with Gasteiger partial charge in [0.2, 0.25) is 10.0 Å². The van der Waals surface area contributed by atoms with E-state index in [1.807, 2.05) is 0 Å². The van der Waals surface area contributed by atoms with Crippen LogP contribution in [-0.2, 0) is 16.6 Å². The second kappa shape index (κ2) is 5.09. The average Bonchev–Trinajstić information content (AvgIpc) is 2.99. The van der Waals surface area contributed by atoms with Crippen LogP contribution in [0.1, 0.15) is 24.8 Å². The minimum atomic E-state index is -3.52. The standard InChI is InChI=1S/C14H19FN2O2S/c15-14-5-4-13(6-12(14)7-16)20(18,19)17-8-10-2-1-3-11(10)9-17/h4-6,10-11H,1-3,7-9,16H2. The fraction of sp³-hybridized carbons (Fsp3) is 0.571. The molecule has 1 aromatic rings. The molecule has 6 heteroatoms. The van der Waals surface area contributed by atoms with E-state index in [4.69, 9.17) is 5.73 Å². The van der Waals surface area contributed by atoms with Gasteiger partial charge in [0.15, 0.2) is 0 Å². The van der Waals surface area contributed by atoms with E-state index in [1.54, 1.807) is 4.31 Å². The number of nitrogens with two attached hydrogens (primary N) is 1. The van der Waals surface area contributed by atoms with Crippen molar-refractivity contribution in [1.82, 2.24) is 4.31 Å². The first kappa shape index (κ1) is 14.0. The molecule has 0 radical (unpaired) electrons. The Bertz CT molecular complexity index is 606. The molecule has 3 rings (SSSR count).